The summed E-state index contributed by atoms with van der Waals surface area (Å²) in [7, 11) is 0. The summed E-state index contributed by atoms with van der Waals surface area (Å²) < 4.78 is 6.33. The number of nitrogens with zero attached hydrogens (tertiary/aromatic N) is 2. The van der Waals surface area contributed by atoms with Crippen molar-refractivity contribution in [3.8, 4) is 11.8 Å². The van der Waals surface area contributed by atoms with Crippen LogP contribution in [0.3, 0.4) is 0 Å². The van der Waals surface area contributed by atoms with Crippen LogP contribution < -0.4 is 10.5 Å². The first kappa shape index (κ1) is 20.5. The van der Waals surface area contributed by atoms with Gasteiger partial charge in [-0.05, 0) is 24.3 Å². The molecule has 1 aromatic carbocycles. The van der Waals surface area contributed by atoms with Gasteiger partial charge in [0.2, 0.25) is 0 Å². The van der Waals surface area contributed by atoms with Gasteiger partial charge in [0, 0.05) is 28.5 Å². The predicted octanol–water partition coefficient (Wildman–Crippen LogP) is 4.09. The molecule has 0 aliphatic heterocycles. The third kappa shape index (κ3) is 2.82. The van der Waals surface area contributed by atoms with E-state index in [2.05, 4.69) is 38.7 Å². The van der Waals surface area contributed by atoms with E-state index in [0.29, 0.717) is 11.1 Å². The fourth-order valence-electron chi connectivity index (χ4n) is 3.92. The zero-order valence-corrected chi connectivity index (χ0v) is 15.9. The summed E-state index contributed by atoms with van der Waals surface area (Å²) in [6, 6.07) is 9.70. The molecule has 0 unspecified atom stereocenters. The molecule has 4 nitrogen and oxygen atoms in total. The summed E-state index contributed by atoms with van der Waals surface area (Å²) in [6.45, 7) is 8.55. The predicted molar refractivity (Wildman–Crippen MR) is 101 cm³/mol. The molecule has 130 valence electrons. The Morgan fingerprint density at radius 3 is 2.33 bits per heavy atom. The molecule has 2 aromatic rings. The molecule has 1 heterocycles. The van der Waals surface area contributed by atoms with Crippen LogP contribution in [-0.4, -0.2) is 17.1 Å². The number of hydrogen-bond acceptors (Lipinski definition) is 4. The molecule has 0 spiro atoms. The van der Waals surface area contributed by atoms with E-state index in [9.17, 15) is 5.26 Å². The molecular formula is C18H23Cl2N3O. The highest BCUT2D eigenvalue weighted by Crippen LogP contribution is 2.54. The van der Waals surface area contributed by atoms with Crippen LogP contribution >= 0.6 is 24.8 Å². The molecule has 24 heavy (non-hydrogen) atoms. The van der Waals surface area contributed by atoms with Gasteiger partial charge in [-0.1, -0.05) is 27.7 Å². The quantitative estimate of drug-likeness (QED) is 0.867. The van der Waals surface area contributed by atoms with Gasteiger partial charge in [0.15, 0.2) is 0 Å². The minimum Gasteiger partial charge on any atom is -0.488 e. The lowest BCUT2D eigenvalue weighted by Crippen LogP contribution is -2.72. The Labute approximate surface area is 155 Å². The molecule has 1 saturated carbocycles. The lowest BCUT2D eigenvalue weighted by atomic mass is 9.50. The fourth-order valence-corrected chi connectivity index (χ4v) is 3.92. The van der Waals surface area contributed by atoms with Crippen molar-refractivity contribution in [1.82, 2.24) is 4.98 Å². The number of nitriles is 1. The first-order valence-electron chi connectivity index (χ1n) is 7.50. The Balaban J connectivity index is 0.00000144. The molecule has 0 amide bonds. The second-order valence-electron chi connectivity index (χ2n) is 7.24. The van der Waals surface area contributed by atoms with E-state index in [1.807, 2.05) is 18.2 Å². The van der Waals surface area contributed by atoms with Crippen molar-refractivity contribution < 1.29 is 4.74 Å². The monoisotopic (exact) mass is 367 g/mol. The van der Waals surface area contributed by atoms with Crippen LogP contribution in [-0.2, 0) is 0 Å². The van der Waals surface area contributed by atoms with Crippen LogP contribution in [0, 0.1) is 22.2 Å². The number of aromatic nitrogens is 1. The zero-order valence-electron chi connectivity index (χ0n) is 14.2. The number of nitrogens with two attached hydrogens (primary N) is 1. The van der Waals surface area contributed by atoms with Gasteiger partial charge in [0.05, 0.1) is 11.1 Å². The highest BCUT2D eigenvalue weighted by Gasteiger charge is 2.61. The summed E-state index contributed by atoms with van der Waals surface area (Å²) >= 11 is 0. The first-order chi connectivity index (χ1) is 10.3. The Hall–Kier alpha value is -1.54. The normalized spacial score (nSPS) is 23.2. The van der Waals surface area contributed by atoms with E-state index in [4.69, 9.17) is 10.5 Å². The van der Waals surface area contributed by atoms with Crippen LogP contribution in [0.25, 0.3) is 10.9 Å². The molecule has 1 aromatic heterocycles. The number of benzene rings is 1. The van der Waals surface area contributed by atoms with Crippen molar-refractivity contribution in [2.24, 2.45) is 16.6 Å². The summed E-state index contributed by atoms with van der Waals surface area (Å²) in [5, 5.41) is 10.1. The van der Waals surface area contributed by atoms with Gasteiger partial charge in [-0.3, -0.25) is 4.98 Å². The molecule has 0 saturated heterocycles. The largest absolute Gasteiger partial charge is 0.488 e. The van der Waals surface area contributed by atoms with E-state index >= 15 is 0 Å². The Bertz CT molecular complexity index is 767. The van der Waals surface area contributed by atoms with Crippen molar-refractivity contribution in [2.45, 2.75) is 39.8 Å². The minimum atomic E-state index is -0.0913. The van der Waals surface area contributed by atoms with Crippen LogP contribution in [0.15, 0.2) is 30.5 Å². The van der Waals surface area contributed by atoms with Gasteiger partial charge >= 0.3 is 0 Å². The summed E-state index contributed by atoms with van der Waals surface area (Å²) in [6.07, 6.45) is 1.71. The number of pyridine rings is 1. The number of rotatable bonds is 2. The lowest BCUT2D eigenvalue weighted by Gasteiger charge is -2.61. The average molecular weight is 368 g/mol. The van der Waals surface area contributed by atoms with Gasteiger partial charge in [-0.25, -0.2) is 0 Å². The standard InChI is InChI=1S/C18H21N3O.2ClH/c1-17(2)15(20)18(3,4)16(17)22-13-8-7-11(10-19)14-12(13)6-5-9-21-14;;/h5-9,15-16H,20H2,1-4H3;2*1H/t15-,16-;;. The molecule has 1 fully saturated rings. The van der Waals surface area contributed by atoms with Crippen molar-refractivity contribution >= 4 is 35.7 Å². The van der Waals surface area contributed by atoms with Crippen molar-refractivity contribution in [2.75, 3.05) is 0 Å². The molecule has 0 bridgehead atoms. The molecule has 1 aliphatic carbocycles. The SMILES string of the molecule is CC1(C)[C@H](N)C(C)(C)[C@H]1Oc1ccc(C#N)c2ncccc12.Cl.Cl. The molecule has 0 atom stereocenters. The Morgan fingerprint density at radius 2 is 1.75 bits per heavy atom. The van der Waals surface area contributed by atoms with Crippen molar-refractivity contribution in [3.63, 3.8) is 0 Å². The molecule has 2 N–H and O–H groups in total. The van der Waals surface area contributed by atoms with Gasteiger partial charge in [0.25, 0.3) is 0 Å². The maximum Gasteiger partial charge on any atom is 0.129 e. The zero-order chi connectivity index (χ0) is 16.1. The highest BCUT2D eigenvalue weighted by atomic mass is 35.5. The topological polar surface area (TPSA) is 71.9 Å². The smallest absolute Gasteiger partial charge is 0.129 e. The van der Waals surface area contributed by atoms with Gasteiger partial charge in [-0.2, -0.15) is 5.26 Å². The second kappa shape index (κ2) is 6.76. The van der Waals surface area contributed by atoms with E-state index in [1.165, 1.54) is 0 Å². The van der Waals surface area contributed by atoms with Gasteiger partial charge in [0.1, 0.15) is 17.9 Å². The van der Waals surface area contributed by atoms with Gasteiger partial charge in [-0.15, -0.1) is 24.8 Å². The van der Waals surface area contributed by atoms with Crippen LogP contribution in [0.5, 0.6) is 5.75 Å². The van der Waals surface area contributed by atoms with Crippen LogP contribution in [0.2, 0.25) is 0 Å². The molecule has 6 heteroatoms. The summed E-state index contributed by atoms with van der Waals surface area (Å²) in [5.74, 6) is 0.764. The van der Waals surface area contributed by atoms with Gasteiger partial charge < -0.3 is 10.5 Å². The minimum absolute atomic E-state index is 0. The molecule has 3 rings (SSSR count). The number of fused-ring (bicyclic) bond motifs is 1. The maximum absolute atomic E-state index is 9.22. The summed E-state index contributed by atoms with van der Waals surface area (Å²) in [4.78, 5) is 4.32. The first-order valence-corrected chi connectivity index (χ1v) is 7.50. The van der Waals surface area contributed by atoms with Crippen molar-refractivity contribution in [1.29, 1.82) is 5.26 Å². The fraction of sp³-hybridized carbons (Fsp3) is 0.444. The Morgan fingerprint density at radius 1 is 1.12 bits per heavy atom. The number of hydrogen-bond donors (Lipinski definition) is 1. The third-order valence-electron chi connectivity index (χ3n) is 5.05. The Kier molecular flexibility index (Phi) is 5.77. The highest BCUT2D eigenvalue weighted by molar-refractivity contribution is 5.89. The van der Waals surface area contributed by atoms with Crippen molar-refractivity contribution in [3.05, 3.63) is 36.0 Å². The summed E-state index contributed by atoms with van der Waals surface area (Å²) in [5.41, 5.74) is 7.36. The second-order valence-corrected chi connectivity index (χ2v) is 7.24. The van der Waals surface area contributed by atoms with Crippen LogP contribution in [0.1, 0.15) is 33.3 Å². The average Bonchev–Trinajstić information content (AvgIpc) is 2.51. The number of halogens is 2. The van der Waals surface area contributed by atoms with E-state index in [-0.39, 0.29) is 47.8 Å². The molecular weight excluding hydrogens is 345 g/mol. The number of ether oxygens (including phenoxy) is 1. The van der Waals surface area contributed by atoms with E-state index in [0.717, 1.165) is 11.1 Å². The molecule has 0 radical (unpaired) electrons. The lowest BCUT2D eigenvalue weighted by molar-refractivity contribution is -0.154. The van der Waals surface area contributed by atoms with E-state index in [1.54, 1.807) is 12.3 Å². The third-order valence-corrected chi connectivity index (χ3v) is 5.05. The maximum atomic E-state index is 9.22. The van der Waals surface area contributed by atoms with E-state index < -0.39 is 0 Å². The molecule has 1 aliphatic rings. The van der Waals surface area contributed by atoms with Crippen LogP contribution in [0.4, 0.5) is 0 Å².